The summed E-state index contributed by atoms with van der Waals surface area (Å²) in [5.41, 5.74) is 1.25. The second-order valence-corrected chi connectivity index (χ2v) is 4.47. The van der Waals surface area contributed by atoms with Crippen LogP contribution in [0, 0.1) is 6.92 Å². The summed E-state index contributed by atoms with van der Waals surface area (Å²) in [6, 6.07) is 1.69. The number of alkyl halides is 4. The first-order valence-electron chi connectivity index (χ1n) is 5.59. The van der Waals surface area contributed by atoms with E-state index in [1.165, 1.54) is 10.7 Å². The molecule has 0 aliphatic carbocycles. The van der Waals surface area contributed by atoms with Crippen LogP contribution in [0.3, 0.4) is 0 Å². The summed E-state index contributed by atoms with van der Waals surface area (Å²) in [4.78, 5) is 5.14. The molecule has 0 spiro atoms. The Hall–Kier alpha value is -1.50. The molecule has 0 N–H and O–H groups in total. The van der Waals surface area contributed by atoms with Gasteiger partial charge in [-0.15, -0.1) is 11.6 Å². The summed E-state index contributed by atoms with van der Waals surface area (Å²) in [5.74, 6) is 0.326. The highest BCUT2D eigenvalue weighted by atomic mass is 35.5. The van der Waals surface area contributed by atoms with Crippen molar-refractivity contribution in [3.05, 3.63) is 24.2 Å². The molecule has 0 atom stereocenters. The number of hydrogen-bond donors (Lipinski definition) is 0. The molecule has 0 amide bonds. The van der Waals surface area contributed by atoms with Crippen molar-refractivity contribution in [3.8, 4) is 0 Å². The molecule has 19 heavy (non-hydrogen) atoms. The van der Waals surface area contributed by atoms with Crippen molar-refractivity contribution in [1.82, 2.24) is 14.6 Å². The average Bonchev–Trinajstić information content (AvgIpc) is 2.66. The Kier molecular flexibility index (Phi) is 3.84. The zero-order valence-electron chi connectivity index (χ0n) is 10.2. The zero-order valence-corrected chi connectivity index (χ0v) is 10.9. The minimum Gasteiger partial charge on any atom is -0.345 e. The number of anilines is 1. The second-order valence-electron chi connectivity index (χ2n) is 4.09. The maximum atomic E-state index is 12.6. The Balaban J connectivity index is 2.43. The monoisotopic (exact) mass is 292 g/mol. The van der Waals surface area contributed by atoms with Crippen molar-refractivity contribution >= 4 is 22.9 Å². The van der Waals surface area contributed by atoms with Gasteiger partial charge < -0.3 is 4.90 Å². The summed E-state index contributed by atoms with van der Waals surface area (Å²) in [6.07, 6.45) is -1.29. The lowest BCUT2D eigenvalue weighted by molar-refractivity contribution is -0.119. The SMILES string of the molecule is Cc1cc2c(N(CCCl)CC(F)(F)F)nccn2n1. The number of nitrogens with zero attached hydrogens (tertiary/aromatic N) is 4. The summed E-state index contributed by atoms with van der Waals surface area (Å²) >= 11 is 5.57. The summed E-state index contributed by atoms with van der Waals surface area (Å²) in [6.45, 7) is 0.751. The summed E-state index contributed by atoms with van der Waals surface area (Å²) < 4.78 is 39.3. The fourth-order valence-electron chi connectivity index (χ4n) is 1.85. The predicted molar refractivity (Wildman–Crippen MR) is 66.7 cm³/mol. The second kappa shape index (κ2) is 5.24. The van der Waals surface area contributed by atoms with Gasteiger partial charge in [0.1, 0.15) is 12.1 Å². The molecule has 2 aromatic heterocycles. The van der Waals surface area contributed by atoms with Crippen LogP contribution >= 0.6 is 11.6 Å². The van der Waals surface area contributed by atoms with Gasteiger partial charge in [0.15, 0.2) is 5.82 Å². The quantitative estimate of drug-likeness (QED) is 0.812. The van der Waals surface area contributed by atoms with E-state index in [2.05, 4.69) is 10.1 Å². The molecule has 104 valence electrons. The van der Waals surface area contributed by atoms with Gasteiger partial charge in [0, 0.05) is 24.8 Å². The predicted octanol–water partition coefficient (Wildman–Crippen LogP) is 2.65. The number of aromatic nitrogens is 3. The molecule has 4 nitrogen and oxygen atoms in total. The number of halogens is 4. The molecule has 0 saturated heterocycles. The van der Waals surface area contributed by atoms with Gasteiger partial charge in [-0.1, -0.05) is 0 Å². The Morgan fingerprint density at radius 3 is 2.79 bits per heavy atom. The van der Waals surface area contributed by atoms with E-state index in [9.17, 15) is 13.2 Å². The molecule has 0 radical (unpaired) electrons. The van der Waals surface area contributed by atoms with Gasteiger partial charge in [-0.25, -0.2) is 9.50 Å². The first-order valence-corrected chi connectivity index (χ1v) is 6.13. The fraction of sp³-hybridized carbons (Fsp3) is 0.455. The van der Waals surface area contributed by atoms with Gasteiger partial charge in [-0.05, 0) is 13.0 Å². The first kappa shape index (κ1) is 13.9. The summed E-state index contributed by atoms with van der Waals surface area (Å²) in [5, 5.41) is 4.15. The van der Waals surface area contributed by atoms with Crippen LogP contribution in [0.15, 0.2) is 18.5 Å². The van der Waals surface area contributed by atoms with Crippen molar-refractivity contribution in [1.29, 1.82) is 0 Å². The number of hydrogen-bond acceptors (Lipinski definition) is 3. The normalized spacial score (nSPS) is 12.1. The average molecular weight is 293 g/mol. The highest BCUT2D eigenvalue weighted by Gasteiger charge is 2.32. The molecule has 0 saturated carbocycles. The molecule has 2 heterocycles. The third kappa shape index (κ3) is 3.28. The number of fused-ring (bicyclic) bond motifs is 1. The van der Waals surface area contributed by atoms with Crippen LogP contribution in [-0.2, 0) is 0 Å². The largest absolute Gasteiger partial charge is 0.405 e. The molecule has 2 rings (SSSR count). The fourth-order valence-corrected chi connectivity index (χ4v) is 2.06. The highest BCUT2D eigenvalue weighted by Crippen LogP contribution is 2.24. The van der Waals surface area contributed by atoms with Crippen molar-refractivity contribution in [2.24, 2.45) is 0 Å². The molecule has 0 aliphatic heterocycles. The molecule has 2 aromatic rings. The minimum atomic E-state index is -4.31. The van der Waals surface area contributed by atoms with Crippen LogP contribution in [0.1, 0.15) is 5.69 Å². The van der Waals surface area contributed by atoms with Gasteiger partial charge >= 0.3 is 6.18 Å². The van der Waals surface area contributed by atoms with Gasteiger partial charge in [-0.2, -0.15) is 18.3 Å². The van der Waals surface area contributed by atoms with Gasteiger partial charge in [0.25, 0.3) is 0 Å². The van der Waals surface area contributed by atoms with Gasteiger partial charge in [-0.3, -0.25) is 0 Å². The van der Waals surface area contributed by atoms with E-state index in [1.54, 1.807) is 19.2 Å². The molecule has 0 fully saturated rings. The van der Waals surface area contributed by atoms with Crippen LogP contribution < -0.4 is 4.90 Å². The molecule has 0 bridgehead atoms. The third-order valence-electron chi connectivity index (χ3n) is 2.52. The van der Waals surface area contributed by atoms with E-state index in [0.717, 1.165) is 4.90 Å². The maximum Gasteiger partial charge on any atom is 0.405 e. The Morgan fingerprint density at radius 1 is 1.42 bits per heavy atom. The molecule has 8 heteroatoms. The maximum absolute atomic E-state index is 12.6. The van der Waals surface area contributed by atoms with Crippen LogP contribution in [-0.4, -0.2) is 39.7 Å². The molecular weight excluding hydrogens is 281 g/mol. The van der Waals surface area contributed by atoms with Crippen molar-refractivity contribution in [3.63, 3.8) is 0 Å². The van der Waals surface area contributed by atoms with E-state index < -0.39 is 12.7 Å². The molecule has 0 aromatic carbocycles. The van der Waals surface area contributed by atoms with Crippen LogP contribution in [0.2, 0.25) is 0 Å². The Morgan fingerprint density at radius 2 is 2.16 bits per heavy atom. The van der Waals surface area contributed by atoms with Crippen molar-refractivity contribution in [2.45, 2.75) is 13.1 Å². The zero-order chi connectivity index (χ0) is 14.0. The number of rotatable bonds is 4. The van der Waals surface area contributed by atoms with E-state index in [4.69, 9.17) is 11.6 Å². The lowest BCUT2D eigenvalue weighted by Crippen LogP contribution is -2.36. The topological polar surface area (TPSA) is 33.4 Å². The van der Waals surface area contributed by atoms with Crippen LogP contribution in [0.4, 0.5) is 19.0 Å². The van der Waals surface area contributed by atoms with E-state index >= 15 is 0 Å². The van der Waals surface area contributed by atoms with Crippen LogP contribution in [0.5, 0.6) is 0 Å². The lowest BCUT2D eigenvalue weighted by atomic mass is 10.3. The minimum absolute atomic E-state index is 0.0674. The molecule has 0 unspecified atom stereocenters. The number of aryl methyl sites for hydroxylation is 1. The van der Waals surface area contributed by atoms with Gasteiger partial charge in [0.05, 0.1) is 5.69 Å². The smallest absolute Gasteiger partial charge is 0.345 e. The van der Waals surface area contributed by atoms with Crippen molar-refractivity contribution in [2.75, 3.05) is 23.9 Å². The summed E-state index contributed by atoms with van der Waals surface area (Å²) in [7, 11) is 0. The molecule has 0 aliphatic rings. The highest BCUT2D eigenvalue weighted by molar-refractivity contribution is 6.18. The standard InChI is InChI=1S/C11H12ClF3N4/c1-8-6-9-10(16-3-5-19(9)17-8)18(4-2-12)7-11(13,14)15/h3,5-6H,2,4,7H2,1H3. The first-order chi connectivity index (χ1) is 8.90. The Labute approximate surface area is 112 Å². The van der Waals surface area contributed by atoms with E-state index in [-0.39, 0.29) is 18.2 Å². The Bertz CT molecular complexity index is 567. The van der Waals surface area contributed by atoms with Crippen LogP contribution in [0.25, 0.3) is 5.52 Å². The third-order valence-corrected chi connectivity index (χ3v) is 2.68. The van der Waals surface area contributed by atoms with Gasteiger partial charge in [0.2, 0.25) is 0 Å². The van der Waals surface area contributed by atoms with Crippen molar-refractivity contribution < 1.29 is 13.2 Å². The van der Waals surface area contributed by atoms with E-state index in [1.807, 2.05) is 0 Å². The lowest BCUT2D eigenvalue weighted by Gasteiger charge is -2.24. The molecular formula is C11H12ClF3N4. The van der Waals surface area contributed by atoms with E-state index in [0.29, 0.717) is 11.2 Å².